The molecule has 0 aliphatic carbocycles. The number of halogens is 1. The Morgan fingerprint density at radius 2 is 1.83 bits per heavy atom. The number of aliphatic hydroxyl groups is 1. The van der Waals surface area contributed by atoms with Crippen LogP contribution >= 0.6 is 11.6 Å². The summed E-state index contributed by atoms with van der Waals surface area (Å²) in [5, 5.41) is 11.9. The molecule has 1 atom stereocenters. The molecule has 2 aromatic rings. The van der Waals surface area contributed by atoms with Crippen molar-refractivity contribution in [3.05, 3.63) is 69.8 Å². The van der Waals surface area contributed by atoms with Crippen LogP contribution in [0.1, 0.15) is 42.5 Å². The fraction of sp³-hybridized carbons (Fsp3) is 0.429. The molecule has 36 heavy (non-hydrogen) atoms. The second-order valence-electron chi connectivity index (χ2n) is 9.18. The van der Waals surface area contributed by atoms with Crippen molar-refractivity contribution in [2.24, 2.45) is 0 Å². The predicted molar refractivity (Wildman–Crippen MR) is 139 cm³/mol. The fourth-order valence-electron chi connectivity index (χ4n) is 4.75. The van der Waals surface area contributed by atoms with E-state index in [2.05, 4.69) is 4.90 Å². The van der Waals surface area contributed by atoms with Gasteiger partial charge in [0, 0.05) is 36.8 Å². The summed E-state index contributed by atoms with van der Waals surface area (Å²) in [6.45, 7) is 8.80. The third-order valence-electron chi connectivity index (χ3n) is 6.63. The number of ether oxygens (including phenoxy) is 2. The molecule has 192 valence electrons. The van der Waals surface area contributed by atoms with Gasteiger partial charge in [0.25, 0.3) is 11.7 Å². The molecule has 2 saturated heterocycles. The molecule has 2 aliphatic rings. The Labute approximate surface area is 217 Å². The molecular weight excluding hydrogens is 480 g/mol. The Hall–Kier alpha value is -2.87. The molecule has 8 heteroatoms. The van der Waals surface area contributed by atoms with E-state index in [9.17, 15) is 14.7 Å². The number of Topliss-reactive ketones (excluding diaryl/α,β-unsaturated/α-hetero) is 1. The lowest BCUT2D eigenvalue weighted by atomic mass is 9.94. The number of hydrogen-bond donors (Lipinski definition) is 1. The summed E-state index contributed by atoms with van der Waals surface area (Å²) in [4.78, 5) is 30.3. The van der Waals surface area contributed by atoms with Gasteiger partial charge < -0.3 is 19.5 Å². The Bertz CT molecular complexity index is 1130. The molecule has 1 N–H and O–H groups in total. The fourth-order valence-corrected chi connectivity index (χ4v) is 4.87. The smallest absolute Gasteiger partial charge is 0.295 e. The van der Waals surface area contributed by atoms with Gasteiger partial charge in [0.1, 0.15) is 11.5 Å². The van der Waals surface area contributed by atoms with Gasteiger partial charge in [-0.25, -0.2) is 0 Å². The first-order valence-electron chi connectivity index (χ1n) is 12.5. The summed E-state index contributed by atoms with van der Waals surface area (Å²) < 4.78 is 11.1. The first-order valence-corrected chi connectivity index (χ1v) is 12.9. The summed E-state index contributed by atoms with van der Waals surface area (Å²) >= 11 is 6.11. The monoisotopic (exact) mass is 512 g/mol. The number of rotatable bonds is 9. The minimum atomic E-state index is -0.692. The van der Waals surface area contributed by atoms with E-state index >= 15 is 0 Å². The highest BCUT2D eigenvalue weighted by Gasteiger charge is 2.46. The maximum Gasteiger partial charge on any atom is 0.295 e. The molecule has 0 unspecified atom stereocenters. The van der Waals surface area contributed by atoms with E-state index < -0.39 is 17.7 Å². The van der Waals surface area contributed by atoms with E-state index in [-0.39, 0.29) is 11.3 Å². The highest BCUT2D eigenvalue weighted by molar-refractivity contribution is 6.46. The highest BCUT2D eigenvalue weighted by Crippen LogP contribution is 2.40. The first kappa shape index (κ1) is 26.2. The van der Waals surface area contributed by atoms with Crippen molar-refractivity contribution in [3.63, 3.8) is 0 Å². The summed E-state index contributed by atoms with van der Waals surface area (Å²) in [7, 11) is 0. The van der Waals surface area contributed by atoms with Crippen LogP contribution in [0.3, 0.4) is 0 Å². The molecule has 2 fully saturated rings. The van der Waals surface area contributed by atoms with Gasteiger partial charge in [-0.15, -0.1) is 0 Å². The van der Waals surface area contributed by atoms with Crippen LogP contribution in [0.5, 0.6) is 5.75 Å². The Kier molecular flexibility index (Phi) is 8.67. The normalized spacial score (nSPS) is 20.2. The largest absolute Gasteiger partial charge is 0.507 e. The first-order chi connectivity index (χ1) is 17.4. The quantitative estimate of drug-likeness (QED) is 0.301. The van der Waals surface area contributed by atoms with Crippen molar-refractivity contribution < 1.29 is 24.2 Å². The molecule has 2 aliphatic heterocycles. The number of benzene rings is 2. The van der Waals surface area contributed by atoms with Gasteiger partial charge >= 0.3 is 0 Å². The van der Waals surface area contributed by atoms with Crippen LogP contribution in [-0.4, -0.2) is 72.6 Å². The van der Waals surface area contributed by atoms with E-state index in [4.69, 9.17) is 21.1 Å². The molecule has 0 spiro atoms. The van der Waals surface area contributed by atoms with Crippen molar-refractivity contribution in [2.75, 3.05) is 46.0 Å². The third-order valence-corrected chi connectivity index (χ3v) is 6.88. The van der Waals surface area contributed by atoms with Crippen LogP contribution in [0.15, 0.2) is 48.0 Å². The topological polar surface area (TPSA) is 79.3 Å². The van der Waals surface area contributed by atoms with E-state index in [0.29, 0.717) is 49.1 Å². The average Bonchev–Trinajstić information content (AvgIpc) is 3.13. The van der Waals surface area contributed by atoms with E-state index in [0.717, 1.165) is 37.2 Å². The van der Waals surface area contributed by atoms with E-state index in [1.165, 1.54) is 0 Å². The molecule has 2 aromatic carbocycles. The molecule has 0 aromatic heterocycles. The number of likely N-dealkylation sites (tertiary alicyclic amines) is 1. The third kappa shape index (κ3) is 5.75. The Morgan fingerprint density at radius 1 is 1.11 bits per heavy atom. The molecule has 0 bridgehead atoms. The van der Waals surface area contributed by atoms with Crippen molar-refractivity contribution in [3.8, 4) is 5.75 Å². The molecule has 1 amide bonds. The predicted octanol–water partition coefficient (Wildman–Crippen LogP) is 4.58. The van der Waals surface area contributed by atoms with Crippen molar-refractivity contribution >= 4 is 29.1 Å². The SMILES string of the molecule is CCCOc1ccc(C(O)=C2C(=O)C(=O)N(CCCN3CCOCC3)[C@H]2c2ccc(Cl)cc2)c(C)c1. The van der Waals surface area contributed by atoms with Gasteiger partial charge in [0.15, 0.2) is 0 Å². The number of nitrogens with zero attached hydrogens (tertiary/aromatic N) is 2. The molecule has 7 nitrogen and oxygen atoms in total. The number of aliphatic hydroxyl groups excluding tert-OH is 1. The number of carbonyl (C=O) groups excluding carboxylic acids is 2. The standard InChI is InChI=1S/C28H33ClN2O5/c1-3-15-36-22-9-10-23(19(2)18-22)26(32)24-25(20-5-7-21(29)8-6-20)31(28(34)27(24)33)12-4-11-30-13-16-35-17-14-30/h5-10,18,25,32H,3-4,11-17H2,1-2H3/t25-/m0/s1. The van der Waals surface area contributed by atoms with Gasteiger partial charge in [-0.3, -0.25) is 14.5 Å². The molecule has 4 rings (SSSR count). The zero-order valence-electron chi connectivity index (χ0n) is 20.8. The van der Waals surface area contributed by atoms with Gasteiger partial charge in [-0.05, 0) is 61.2 Å². The molecule has 0 radical (unpaired) electrons. The summed E-state index contributed by atoms with van der Waals surface area (Å²) in [5.41, 5.74) is 2.09. The molecular formula is C28H33ClN2O5. The van der Waals surface area contributed by atoms with Gasteiger partial charge in [0.05, 0.1) is 31.4 Å². The van der Waals surface area contributed by atoms with E-state index in [1.807, 2.05) is 19.9 Å². The number of hydrogen-bond acceptors (Lipinski definition) is 6. The zero-order chi connectivity index (χ0) is 25.7. The van der Waals surface area contributed by atoms with Crippen molar-refractivity contribution in [2.45, 2.75) is 32.7 Å². The zero-order valence-corrected chi connectivity index (χ0v) is 21.6. The van der Waals surface area contributed by atoms with Crippen molar-refractivity contribution in [1.29, 1.82) is 0 Å². The second kappa shape index (κ2) is 11.9. The average molecular weight is 513 g/mol. The number of ketones is 1. The van der Waals surface area contributed by atoms with Gasteiger partial charge in [-0.2, -0.15) is 0 Å². The molecule has 0 saturated carbocycles. The molecule has 2 heterocycles. The second-order valence-corrected chi connectivity index (χ2v) is 9.61. The van der Waals surface area contributed by atoms with Crippen LogP contribution in [0.25, 0.3) is 5.76 Å². The van der Waals surface area contributed by atoms with Crippen LogP contribution in [0.4, 0.5) is 0 Å². The number of amides is 1. The minimum Gasteiger partial charge on any atom is -0.507 e. The number of aryl methyl sites for hydroxylation is 1. The van der Waals surface area contributed by atoms with Crippen molar-refractivity contribution in [1.82, 2.24) is 9.80 Å². The summed E-state index contributed by atoms with van der Waals surface area (Å²) in [6, 6.07) is 11.7. The van der Waals surface area contributed by atoms with Crippen LogP contribution in [0, 0.1) is 6.92 Å². The highest BCUT2D eigenvalue weighted by atomic mass is 35.5. The summed E-state index contributed by atoms with van der Waals surface area (Å²) in [6.07, 6.45) is 1.59. The van der Waals surface area contributed by atoms with Gasteiger partial charge in [0.2, 0.25) is 0 Å². The minimum absolute atomic E-state index is 0.0963. The lowest BCUT2D eigenvalue weighted by Gasteiger charge is -2.29. The van der Waals surface area contributed by atoms with Crippen LogP contribution in [0.2, 0.25) is 5.02 Å². The maximum atomic E-state index is 13.3. The lowest BCUT2D eigenvalue weighted by molar-refractivity contribution is -0.140. The number of morpholine rings is 1. The van der Waals surface area contributed by atoms with Crippen LogP contribution < -0.4 is 4.74 Å². The number of carbonyl (C=O) groups is 2. The lowest BCUT2D eigenvalue weighted by Crippen LogP contribution is -2.38. The van der Waals surface area contributed by atoms with E-state index in [1.54, 1.807) is 41.3 Å². The summed E-state index contributed by atoms with van der Waals surface area (Å²) in [5.74, 6) is -0.754. The Balaban J connectivity index is 1.66. The van der Waals surface area contributed by atoms with Gasteiger partial charge in [-0.1, -0.05) is 30.7 Å². The maximum absolute atomic E-state index is 13.3. The Morgan fingerprint density at radius 3 is 2.50 bits per heavy atom. The van der Waals surface area contributed by atoms with Crippen LogP contribution in [-0.2, 0) is 14.3 Å².